The summed E-state index contributed by atoms with van der Waals surface area (Å²) < 4.78 is 2.05. The molecular weight excluding hydrogens is 156 g/mol. The minimum absolute atomic E-state index is 0.0889. The normalized spacial score (nSPS) is 11.1. The van der Waals surface area contributed by atoms with Crippen molar-refractivity contribution in [3.8, 4) is 6.07 Å². The van der Waals surface area contributed by atoms with Gasteiger partial charge in [-0.2, -0.15) is 9.83 Å². The highest BCUT2D eigenvalue weighted by atomic mass is 32.1. The van der Waals surface area contributed by atoms with Crippen LogP contribution >= 0.6 is 11.3 Å². The van der Waals surface area contributed by atoms with Gasteiger partial charge in [-0.1, -0.05) is 11.3 Å². The van der Waals surface area contributed by atoms with E-state index >= 15 is 0 Å². The molecule has 2 nitrogen and oxygen atoms in total. The van der Waals surface area contributed by atoms with Gasteiger partial charge in [0.25, 0.3) is 0 Å². The van der Waals surface area contributed by atoms with Crippen LogP contribution in [0, 0.1) is 11.3 Å². The quantitative estimate of drug-likeness (QED) is 0.540. The third-order valence-electron chi connectivity index (χ3n) is 1.43. The third kappa shape index (κ3) is 1.78. The van der Waals surface area contributed by atoms with Gasteiger partial charge in [-0.15, -0.1) is 0 Å². The van der Waals surface area contributed by atoms with Crippen molar-refractivity contribution in [2.24, 2.45) is 0 Å². The lowest BCUT2D eigenvalue weighted by Crippen LogP contribution is -2.48. The van der Waals surface area contributed by atoms with Crippen LogP contribution in [0.15, 0.2) is 11.7 Å². The highest BCUT2D eigenvalue weighted by Gasteiger charge is 2.22. The van der Waals surface area contributed by atoms with Crippen LogP contribution in [0.3, 0.4) is 0 Å². The molecule has 1 rings (SSSR count). The average Bonchev–Trinajstić information content (AvgIpc) is 2.32. The highest BCUT2D eigenvalue weighted by molar-refractivity contribution is 7.09. The van der Waals surface area contributed by atoms with E-state index in [9.17, 15) is 0 Å². The number of thiazole rings is 1. The smallest absolute Gasteiger partial charge is 0.191 e. The Kier molecular flexibility index (Phi) is 1.97. The maximum atomic E-state index is 8.56. The molecule has 0 aliphatic carbocycles. The van der Waals surface area contributed by atoms with E-state index in [2.05, 4.69) is 31.4 Å². The summed E-state index contributed by atoms with van der Waals surface area (Å²) in [4.78, 5) is 0.764. The molecule has 0 saturated heterocycles. The number of hydrogen-bond acceptors (Lipinski definition) is 2. The van der Waals surface area contributed by atoms with Crippen molar-refractivity contribution in [2.75, 3.05) is 0 Å². The summed E-state index contributed by atoms with van der Waals surface area (Å²) in [6, 6.07) is 2.12. The van der Waals surface area contributed by atoms with Crippen LogP contribution in [-0.4, -0.2) is 0 Å². The van der Waals surface area contributed by atoms with Gasteiger partial charge in [-0.3, -0.25) is 0 Å². The second kappa shape index (κ2) is 2.63. The Morgan fingerprint density at radius 2 is 2.18 bits per heavy atom. The molecule has 0 aromatic carbocycles. The number of aromatic nitrogens is 1. The maximum absolute atomic E-state index is 8.56. The van der Waals surface area contributed by atoms with Gasteiger partial charge in [0.15, 0.2) is 16.6 Å². The van der Waals surface area contributed by atoms with Crippen molar-refractivity contribution in [2.45, 2.75) is 26.3 Å². The van der Waals surface area contributed by atoms with Crippen molar-refractivity contribution < 1.29 is 4.57 Å². The first-order chi connectivity index (χ1) is 5.04. The maximum Gasteiger partial charge on any atom is 0.226 e. The van der Waals surface area contributed by atoms with Gasteiger partial charge in [0.2, 0.25) is 5.51 Å². The standard InChI is InChI=1S/C8H11N2S/c1-8(2,3)10-5-7(4-9)11-6-10/h5-6H,1-3H3/q+1. The molecule has 58 valence electrons. The van der Waals surface area contributed by atoms with Crippen LogP contribution in [0.2, 0.25) is 0 Å². The summed E-state index contributed by atoms with van der Waals surface area (Å²) in [7, 11) is 0. The topological polar surface area (TPSA) is 27.7 Å². The van der Waals surface area contributed by atoms with E-state index in [4.69, 9.17) is 5.26 Å². The Bertz CT molecular complexity index is 288. The Balaban J connectivity index is 3.01. The molecular formula is C8H11N2S+. The van der Waals surface area contributed by atoms with Crippen molar-refractivity contribution in [1.82, 2.24) is 0 Å². The van der Waals surface area contributed by atoms with Crippen molar-refractivity contribution >= 4 is 11.3 Å². The van der Waals surface area contributed by atoms with Gasteiger partial charge in [-0.25, -0.2) is 0 Å². The SMILES string of the molecule is CC(C)(C)[n+]1csc(C#N)c1. The predicted molar refractivity (Wildman–Crippen MR) is 44.2 cm³/mol. The van der Waals surface area contributed by atoms with Crippen LogP contribution in [0.25, 0.3) is 0 Å². The first kappa shape index (κ1) is 8.22. The molecule has 0 N–H and O–H groups in total. The molecule has 0 aliphatic rings. The van der Waals surface area contributed by atoms with Gasteiger partial charge in [0, 0.05) is 20.8 Å². The van der Waals surface area contributed by atoms with Crippen LogP contribution in [0.5, 0.6) is 0 Å². The van der Waals surface area contributed by atoms with Gasteiger partial charge in [0.05, 0.1) is 0 Å². The fourth-order valence-corrected chi connectivity index (χ4v) is 1.54. The van der Waals surface area contributed by atoms with E-state index in [1.165, 1.54) is 11.3 Å². The van der Waals surface area contributed by atoms with E-state index in [0.29, 0.717) is 0 Å². The predicted octanol–water partition coefficient (Wildman–Crippen LogP) is 1.66. The second-order valence-corrected chi connectivity index (χ2v) is 4.29. The molecule has 3 heteroatoms. The van der Waals surface area contributed by atoms with Crippen molar-refractivity contribution in [3.05, 3.63) is 16.6 Å². The van der Waals surface area contributed by atoms with Crippen LogP contribution in [0.4, 0.5) is 0 Å². The minimum atomic E-state index is 0.0889. The second-order valence-electron chi connectivity index (χ2n) is 3.41. The largest absolute Gasteiger partial charge is 0.226 e. The van der Waals surface area contributed by atoms with Crippen molar-refractivity contribution in [3.63, 3.8) is 0 Å². The average molecular weight is 167 g/mol. The lowest BCUT2D eigenvalue weighted by molar-refractivity contribution is -0.749. The van der Waals surface area contributed by atoms with E-state index in [1.807, 2.05) is 11.7 Å². The molecule has 11 heavy (non-hydrogen) atoms. The van der Waals surface area contributed by atoms with E-state index in [-0.39, 0.29) is 5.54 Å². The van der Waals surface area contributed by atoms with Crippen molar-refractivity contribution in [1.29, 1.82) is 5.26 Å². The zero-order chi connectivity index (χ0) is 8.48. The molecule has 0 fully saturated rings. The summed E-state index contributed by atoms with van der Waals surface area (Å²) >= 11 is 1.48. The molecule has 0 unspecified atom stereocenters. The molecule has 1 aromatic rings. The fraction of sp³-hybridized carbons (Fsp3) is 0.500. The van der Waals surface area contributed by atoms with E-state index < -0.39 is 0 Å². The summed E-state index contributed by atoms with van der Waals surface area (Å²) in [6.07, 6.45) is 1.88. The number of hydrogen-bond donors (Lipinski definition) is 0. The van der Waals surface area contributed by atoms with E-state index in [0.717, 1.165) is 4.88 Å². The first-order valence-electron chi connectivity index (χ1n) is 3.44. The Morgan fingerprint density at radius 1 is 1.55 bits per heavy atom. The number of nitriles is 1. The molecule has 1 heterocycles. The highest BCUT2D eigenvalue weighted by Crippen LogP contribution is 2.08. The van der Waals surface area contributed by atoms with Crippen LogP contribution in [-0.2, 0) is 5.54 Å². The molecule has 0 aliphatic heterocycles. The molecule has 0 radical (unpaired) electrons. The summed E-state index contributed by atoms with van der Waals surface area (Å²) in [5, 5.41) is 8.56. The molecule has 0 atom stereocenters. The van der Waals surface area contributed by atoms with Gasteiger partial charge in [0.1, 0.15) is 6.07 Å². The van der Waals surface area contributed by atoms with Gasteiger partial charge < -0.3 is 0 Å². The monoisotopic (exact) mass is 167 g/mol. The number of nitrogens with zero attached hydrogens (tertiary/aromatic N) is 2. The zero-order valence-corrected chi connectivity index (χ0v) is 7.77. The van der Waals surface area contributed by atoms with E-state index in [1.54, 1.807) is 0 Å². The molecule has 0 spiro atoms. The minimum Gasteiger partial charge on any atom is -0.191 e. The summed E-state index contributed by atoms with van der Waals surface area (Å²) in [5.41, 5.74) is 2.06. The lowest BCUT2D eigenvalue weighted by Gasteiger charge is -2.08. The number of rotatable bonds is 0. The summed E-state index contributed by atoms with van der Waals surface area (Å²) in [5.74, 6) is 0. The van der Waals surface area contributed by atoms with Gasteiger partial charge >= 0.3 is 0 Å². The fourth-order valence-electron chi connectivity index (χ4n) is 0.708. The Morgan fingerprint density at radius 3 is 2.45 bits per heavy atom. The molecule has 1 aromatic heterocycles. The molecule has 0 saturated carbocycles. The lowest BCUT2D eigenvalue weighted by atomic mass is 10.1. The van der Waals surface area contributed by atoms with Crippen LogP contribution < -0.4 is 4.57 Å². The molecule has 0 bridgehead atoms. The zero-order valence-electron chi connectivity index (χ0n) is 6.96. The first-order valence-corrected chi connectivity index (χ1v) is 4.32. The summed E-state index contributed by atoms with van der Waals surface area (Å²) in [6.45, 7) is 6.34. The van der Waals surface area contributed by atoms with Gasteiger partial charge in [-0.05, 0) is 0 Å². The third-order valence-corrected chi connectivity index (χ3v) is 2.22. The molecule has 0 amide bonds. The Hall–Kier alpha value is -0.880. The van der Waals surface area contributed by atoms with Crippen LogP contribution in [0.1, 0.15) is 25.6 Å². The Labute approximate surface area is 70.7 Å².